The fourth-order valence-corrected chi connectivity index (χ4v) is 1.39. The molecule has 5 heteroatoms. The minimum Gasteiger partial charge on any atom is -0.351 e. The molecule has 1 fully saturated rings. The molecule has 0 atom stereocenters. The molecule has 1 rings (SSSR count). The van der Waals surface area contributed by atoms with Crippen LogP contribution in [0.3, 0.4) is 0 Å². The van der Waals surface area contributed by atoms with Gasteiger partial charge >= 0.3 is 6.18 Å². The summed E-state index contributed by atoms with van der Waals surface area (Å²) in [6.45, 7) is 1.77. The summed E-state index contributed by atoms with van der Waals surface area (Å²) in [5.74, 6) is -0.922. The zero-order valence-electron chi connectivity index (χ0n) is 7.37. The number of halogens is 3. The molecular formula is C8H12F3NO. The van der Waals surface area contributed by atoms with Crippen LogP contribution in [0.1, 0.15) is 32.6 Å². The Hall–Kier alpha value is -0.740. The molecule has 13 heavy (non-hydrogen) atoms. The van der Waals surface area contributed by atoms with Crippen LogP contribution in [-0.4, -0.2) is 17.6 Å². The molecule has 1 aliphatic carbocycles. The number of nitrogens with one attached hydrogen (secondary N) is 1. The third kappa shape index (κ3) is 3.24. The largest absolute Gasteiger partial charge is 0.397 e. The van der Waals surface area contributed by atoms with Crippen LogP contribution in [0.2, 0.25) is 0 Å². The van der Waals surface area contributed by atoms with E-state index in [9.17, 15) is 18.0 Å². The molecule has 0 unspecified atom stereocenters. The van der Waals surface area contributed by atoms with E-state index in [1.165, 1.54) is 0 Å². The number of carbonyl (C=O) groups excluding carboxylic acids is 1. The third-order valence-electron chi connectivity index (χ3n) is 2.26. The molecule has 1 N–H and O–H groups in total. The number of rotatable bonds is 2. The van der Waals surface area contributed by atoms with E-state index in [0.29, 0.717) is 0 Å². The Morgan fingerprint density at radius 1 is 1.46 bits per heavy atom. The van der Waals surface area contributed by atoms with Crippen molar-refractivity contribution < 1.29 is 18.0 Å². The second kappa shape index (κ2) is 3.20. The van der Waals surface area contributed by atoms with E-state index in [2.05, 4.69) is 5.32 Å². The van der Waals surface area contributed by atoms with Crippen molar-refractivity contribution in [2.75, 3.05) is 0 Å². The Balaban J connectivity index is 2.33. The molecule has 0 spiro atoms. The number of alkyl halides is 3. The van der Waals surface area contributed by atoms with Gasteiger partial charge in [-0.1, -0.05) is 0 Å². The lowest BCUT2D eigenvalue weighted by Gasteiger charge is -2.39. The van der Waals surface area contributed by atoms with Gasteiger partial charge in [-0.05, 0) is 26.2 Å². The number of hydrogen-bond donors (Lipinski definition) is 1. The molecule has 0 aromatic carbocycles. The van der Waals surface area contributed by atoms with Crippen molar-refractivity contribution in [3.63, 3.8) is 0 Å². The van der Waals surface area contributed by atoms with Crippen LogP contribution in [0.25, 0.3) is 0 Å². The average Bonchev–Trinajstić information content (AvgIpc) is 1.79. The Labute approximate surface area is 74.5 Å². The van der Waals surface area contributed by atoms with E-state index in [-0.39, 0.29) is 5.54 Å². The van der Waals surface area contributed by atoms with Gasteiger partial charge in [-0.2, -0.15) is 13.2 Å². The van der Waals surface area contributed by atoms with Gasteiger partial charge in [-0.15, -0.1) is 0 Å². The molecule has 0 aromatic rings. The highest BCUT2D eigenvalue weighted by atomic mass is 19.4. The molecular weight excluding hydrogens is 183 g/mol. The van der Waals surface area contributed by atoms with Gasteiger partial charge in [0.25, 0.3) is 0 Å². The van der Waals surface area contributed by atoms with Gasteiger partial charge < -0.3 is 5.32 Å². The summed E-state index contributed by atoms with van der Waals surface area (Å²) >= 11 is 0. The third-order valence-corrected chi connectivity index (χ3v) is 2.26. The predicted octanol–water partition coefficient (Wildman–Crippen LogP) is 2.00. The first kappa shape index (κ1) is 10.3. The first-order chi connectivity index (χ1) is 5.81. The van der Waals surface area contributed by atoms with Crippen LogP contribution in [0, 0.1) is 0 Å². The smallest absolute Gasteiger partial charge is 0.351 e. The maximum absolute atomic E-state index is 11.7. The van der Waals surface area contributed by atoms with Crippen molar-refractivity contribution in [1.29, 1.82) is 0 Å². The summed E-state index contributed by atoms with van der Waals surface area (Å²) in [5, 5.41) is 2.39. The fraction of sp³-hybridized carbons (Fsp3) is 0.875. The zero-order valence-corrected chi connectivity index (χ0v) is 7.37. The van der Waals surface area contributed by atoms with E-state index in [1.807, 2.05) is 0 Å². The van der Waals surface area contributed by atoms with Gasteiger partial charge in [0.1, 0.15) is 6.42 Å². The summed E-state index contributed by atoms with van der Waals surface area (Å²) in [6.07, 6.45) is -3.25. The van der Waals surface area contributed by atoms with E-state index in [4.69, 9.17) is 0 Å². The van der Waals surface area contributed by atoms with Crippen molar-refractivity contribution in [1.82, 2.24) is 5.32 Å². The van der Waals surface area contributed by atoms with E-state index >= 15 is 0 Å². The SMILES string of the molecule is CC1(NC(=O)CC(F)(F)F)CCC1. The fourth-order valence-electron chi connectivity index (χ4n) is 1.39. The minimum absolute atomic E-state index is 0.387. The second-order valence-corrected chi connectivity index (χ2v) is 3.75. The van der Waals surface area contributed by atoms with E-state index < -0.39 is 18.5 Å². The molecule has 1 amide bonds. The van der Waals surface area contributed by atoms with Gasteiger partial charge in [-0.25, -0.2) is 0 Å². The molecule has 0 aromatic heterocycles. The Bertz CT molecular complexity index is 208. The Morgan fingerprint density at radius 3 is 2.31 bits per heavy atom. The molecule has 0 aliphatic heterocycles. The quantitative estimate of drug-likeness (QED) is 0.717. The van der Waals surface area contributed by atoms with Crippen LogP contribution in [-0.2, 0) is 4.79 Å². The standard InChI is InChI=1S/C8H12F3NO/c1-7(3-2-4-7)12-6(13)5-8(9,10)11/h2-5H2,1H3,(H,12,13). The van der Waals surface area contributed by atoms with Crippen LogP contribution >= 0.6 is 0 Å². The highest BCUT2D eigenvalue weighted by Crippen LogP contribution is 2.31. The van der Waals surface area contributed by atoms with E-state index in [0.717, 1.165) is 19.3 Å². The summed E-state index contributed by atoms with van der Waals surface area (Å²) in [5.41, 5.74) is -0.387. The topological polar surface area (TPSA) is 29.1 Å². The van der Waals surface area contributed by atoms with Crippen molar-refractivity contribution in [2.45, 2.75) is 44.3 Å². The molecule has 76 valence electrons. The lowest BCUT2D eigenvalue weighted by molar-refractivity contribution is -0.155. The van der Waals surface area contributed by atoms with Crippen molar-refractivity contribution in [2.24, 2.45) is 0 Å². The normalized spacial score (nSPS) is 20.6. The molecule has 0 saturated heterocycles. The lowest BCUT2D eigenvalue weighted by Crippen LogP contribution is -2.51. The van der Waals surface area contributed by atoms with Crippen molar-refractivity contribution >= 4 is 5.91 Å². The first-order valence-electron chi connectivity index (χ1n) is 4.19. The van der Waals surface area contributed by atoms with Crippen LogP contribution in [0.4, 0.5) is 13.2 Å². The van der Waals surface area contributed by atoms with Crippen molar-refractivity contribution in [3.05, 3.63) is 0 Å². The average molecular weight is 195 g/mol. The molecule has 0 radical (unpaired) electrons. The van der Waals surface area contributed by atoms with E-state index in [1.54, 1.807) is 6.92 Å². The molecule has 0 heterocycles. The Morgan fingerprint density at radius 2 is 2.00 bits per heavy atom. The van der Waals surface area contributed by atoms with Gasteiger partial charge in [0, 0.05) is 5.54 Å². The van der Waals surface area contributed by atoms with Gasteiger partial charge in [0.05, 0.1) is 0 Å². The Kier molecular flexibility index (Phi) is 2.54. The first-order valence-corrected chi connectivity index (χ1v) is 4.19. The molecule has 2 nitrogen and oxygen atoms in total. The highest BCUT2D eigenvalue weighted by molar-refractivity contribution is 5.77. The molecule has 1 saturated carbocycles. The van der Waals surface area contributed by atoms with Crippen LogP contribution in [0.15, 0.2) is 0 Å². The van der Waals surface area contributed by atoms with Crippen LogP contribution < -0.4 is 5.32 Å². The van der Waals surface area contributed by atoms with Gasteiger partial charge in [0.15, 0.2) is 0 Å². The maximum atomic E-state index is 11.7. The second-order valence-electron chi connectivity index (χ2n) is 3.75. The highest BCUT2D eigenvalue weighted by Gasteiger charge is 2.37. The summed E-state index contributed by atoms with van der Waals surface area (Å²) in [7, 11) is 0. The zero-order chi connectivity index (χ0) is 10.1. The molecule has 1 aliphatic rings. The maximum Gasteiger partial charge on any atom is 0.397 e. The number of hydrogen-bond acceptors (Lipinski definition) is 1. The summed E-state index contributed by atoms with van der Waals surface area (Å²) in [4.78, 5) is 10.8. The van der Waals surface area contributed by atoms with Crippen molar-refractivity contribution in [3.8, 4) is 0 Å². The summed E-state index contributed by atoms with van der Waals surface area (Å²) in [6, 6.07) is 0. The predicted molar refractivity (Wildman–Crippen MR) is 41.1 cm³/mol. The minimum atomic E-state index is -4.40. The number of amides is 1. The monoisotopic (exact) mass is 195 g/mol. The van der Waals surface area contributed by atoms with Gasteiger partial charge in [0.2, 0.25) is 5.91 Å². The van der Waals surface area contributed by atoms with Crippen LogP contribution in [0.5, 0.6) is 0 Å². The number of carbonyl (C=O) groups is 1. The lowest BCUT2D eigenvalue weighted by atomic mass is 9.78. The van der Waals surface area contributed by atoms with Gasteiger partial charge in [-0.3, -0.25) is 4.79 Å². The molecule has 0 bridgehead atoms. The summed E-state index contributed by atoms with van der Waals surface area (Å²) < 4.78 is 35.2.